The number of rotatable bonds is 9. The van der Waals surface area contributed by atoms with Crippen molar-refractivity contribution in [2.75, 3.05) is 18.5 Å². The SMILES string of the molecule is C=CC(=O)Nc1cc(-c2ccc(OC(F)(F)F)cc2)c2c(c1COCC(=C)C=O)CCO2. The molecule has 3 rings (SSSR count). The van der Waals surface area contributed by atoms with Gasteiger partial charge in [0.1, 0.15) is 17.8 Å². The lowest BCUT2D eigenvalue weighted by molar-refractivity contribution is -0.274. The van der Waals surface area contributed by atoms with Crippen molar-refractivity contribution < 1.29 is 37.0 Å². The third kappa shape index (κ3) is 5.55. The zero-order valence-corrected chi connectivity index (χ0v) is 17.0. The van der Waals surface area contributed by atoms with Gasteiger partial charge >= 0.3 is 6.36 Å². The van der Waals surface area contributed by atoms with Crippen LogP contribution >= 0.6 is 0 Å². The van der Waals surface area contributed by atoms with Gasteiger partial charge in [0.2, 0.25) is 5.91 Å². The number of amides is 1. The number of hydrogen-bond acceptors (Lipinski definition) is 5. The molecule has 1 amide bonds. The van der Waals surface area contributed by atoms with Gasteiger partial charge in [-0.15, -0.1) is 13.2 Å². The first-order valence-electron chi connectivity index (χ1n) is 9.53. The Labute approximate surface area is 182 Å². The van der Waals surface area contributed by atoms with E-state index in [1.165, 1.54) is 24.3 Å². The molecule has 0 saturated heterocycles. The predicted molar refractivity (Wildman–Crippen MR) is 111 cm³/mol. The molecule has 1 heterocycles. The van der Waals surface area contributed by atoms with Gasteiger partial charge in [-0.05, 0) is 29.8 Å². The molecule has 168 valence electrons. The molecular formula is C23H20F3NO5. The Bertz CT molecular complexity index is 1050. The number of carbonyl (C=O) groups is 2. The van der Waals surface area contributed by atoms with Crippen molar-refractivity contribution in [3.05, 3.63) is 66.3 Å². The minimum absolute atomic E-state index is 0.0242. The Balaban J connectivity index is 2.00. The van der Waals surface area contributed by atoms with Crippen LogP contribution in [-0.2, 0) is 27.4 Å². The molecule has 1 aliphatic heterocycles. The minimum Gasteiger partial charge on any atom is -0.492 e. The van der Waals surface area contributed by atoms with Gasteiger partial charge in [0.05, 0.1) is 19.8 Å². The van der Waals surface area contributed by atoms with Gasteiger partial charge in [-0.25, -0.2) is 0 Å². The Morgan fingerprint density at radius 2 is 1.97 bits per heavy atom. The third-order valence-corrected chi connectivity index (χ3v) is 4.64. The first kappa shape index (κ1) is 23.1. The molecule has 2 aromatic rings. The van der Waals surface area contributed by atoms with Crippen molar-refractivity contribution in [1.29, 1.82) is 0 Å². The highest BCUT2D eigenvalue weighted by atomic mass is 19.4. The monoisotopic (exact) mass is 447 g/mol. The average Bonchev–Trinajstić information content (AvgIpc) is 3.23. The molecule has 0 radical (unpaired) electrons. The van der Waals surface area contributed by atoms with E-state index in [9.17, 15) is 22.8 Å². The highest BCUT2D eigenvalue weighted by Crippen LogP contribution is 2.43. The van der Waals surface area contributed by atoms with Crippen molar-refractivity contribution in [2.45, 2.75) is 19.4 Å². The standard InChI is InChI=1S/C23H20F3NO5/c1-3-21(29)27-20-10-18(15-4-6-16(7-5-15)32-23(24,25)26)22-17(8-9-31-22)19(20)13-30-12-14(2)11-28/h3-7,10-11H,1-2,8-9,12-13H2,(H,27,29). The van der Waals surface area contributed by atoms with Crippen molar-refractivity contribution in [1.82, 2.24) is 0 Å². The first-order chi connectivity index (χ1) is 15.2. The van der Waals surface area contributed by atoms with Crippen molar-refractivity contribution in [2.24, 2.45) is 0 Å². The van der Waals surface area contributed by atoms with Crippen LogP contribution in [0.25, 0.3) is 11.1 Å². The summed E-state index contributed by atoms with van der Waals surface area (Å²) < 4.78 is 52.6. The highest BCUT2D eigenvalue weighted by molar-refractivity contribution is 6.00. The molecule has 0 saturated carbocycles. The lowest BCUT2D eigenvalue weighted by Crippen LogP contribution is -2.16. The Hall–Kier alpha value is -3.59. The maximum Gasteiger partial charge on any atom is 0.573 e. The quantitative estimate of drug-likeness (QED) is 0.450. The summed E-state index contributed by atoms with van der Waals surface area (Å²) in [5.41, 5.74) is 3.36. The molecule has 1 N–H and O–H groups in total. The first-order valence-corrected chi connectivity index (χ1v) is 9.53. The van der Waals surface area contributed by atoms with E-state index in [4.69, 9.17) is 9.47 Å². The number of ether oxygens (including phenoxy) is 3. The van der Waals surface area contributed by atoms with E-state index in [0.717, 1.165) is 11.6 Å². The maximum absolute atomic E-state index is 12.4. The summed E-state index contributed by atoms with van der Waals surface area (Å²) in [4.78, 5) is 22.8. The number of alkyl halides is 3. The lowest BCUT2D eigenvalue weighted by atomic mass is 9.95. The molecule has 1 aliphatic rings. The van der Waals surface area contributed by atoms with Crippen LogP contribution < -0.4 is 14.8 Å². The molecule has 32 heavy (non-hydrogen) atoms. The second-order valence-corrected chi connectivity index (χ2v) is 6.89. The summed E-state index contributed by atoms with van der Waals surface area (Å²) in [7, 11) is 0. The highest BCUT2D eigenvalue weighted by Gasteiger charge is 2.31. The number of nitrogens with one attached hydrogen (secondary N) is 1. The van der Waals surface area contributed by atoms with E-state index in [1.807, 2.05) is 0 Å². The second-order valence-electron chi connectivity index (χ2n) is 6.89. The van der Waals surface area contributed by atoms with Gasteiger partial charge in [-0.3, -0.25) is 9.59 Å². The van der Waals surface area contributed by atoms with Crippen LogP contribution in [0.1, 0.15) is 11.1 Å². The molecule has 0 fully saturated rings. The number of carbonyl (C=O) groups excluding carboxylic acids is 2. The number of aldehydes is 1. The minimum atomic E-state index is -4.79. The molecule has 0 aromatic heterocycles. The van der Waals surface area contributed by atoms with E-state index >= 15 is 0 Å². The number of halogens is 3. The third-order valence-electron chi connectivity index (χ3n) is 4.64. The van der Waals surface area contributed by atoms with Gasteiger partial charge in [0.25, 0.3) is 0 Å². The predicted octanol–water partition coefficient (Wildman–Crippen LogP) is 4.58. The summed E-state index contributed by atoms with van der Waals surface area (Å²) in [6.45, 7) is 7.52. The number of hydrogen-bond donors (Lipinski definition) is 1. The fraction of sp³-hybridized carbons (Fsp3) is 0.217. The Morgan fingerprint density at radius 1 is 1.25 bits per heavy atom. The van der Waals surface area contributed by atoms with Gasteiger partial charge in [-0.1, -0.05) is 25.3 Å². The van der Waals surface area contributed by atoms with Crippen LogP contribution in [0.15, 0.2) is 55.1 Å². The summed E-state index contributed by atoms with van der Waals surface area (Å²) in [5, 5.41) is 2.74. The molecule has 2 aromatic carbocycles. The summed E-state index contributed by atoms with van der Waals surface area (Å²) >= 11 is 0. The lowest BCUT2D eigenvalue weighted by Gasteiger charge is -2.18. The summed E-state index contributed by atoms with van der Waals surface area (Å²) in [5.74, 6) is -0.236. The van der Waals surface area contributed by atoms with Gasteiger partial charge in [0.15, 0.2) is 0 Å². The Kier molecular flexibility index (Phi) is 6.99. The number of benzene rings is 2. The van der Waals surface area contributed by atoms with E-state index in [0.29, 0.717) is 47.4 Å². The van der Waals surface area contributed by atoms with Crippen molar-refractivity contribution in [3.8, 4) is 22.6 Å². The fourth-order valence-corrected chi connectivity index (χ4v) is 3.27. The van der Waals surface area contributed by atoms with E-state index in [1.54, 1.807) is 6.07 Å². The zero-order chi connectivity index (χ0) is 23.3. The summed E-state index contributed by atoms with van der Waals surface area (Å²) in [6.07, 6.45) is -2.53. The van der Waals surface area contributed by atoms with Crippen LogP contribution in [0.5, 0.6) is 11.5 Å². The molecule has 0 aliphatic carbocycles. The molecule has 0 unspecified atom stereocenters. The van der Waals surface area contributed by atoms with Crippen molar-refractivity contribution in [3.63, 3.8) is 0 Å². The van der Waals surface area contributed by atoms with Crippen LogP contribution in [0.3, 0.4) is 0 Å². The van der Waals surface area contributed by atoms with Crippen LogP contribution in [0.4, 0.5) is 18.9 Å². The maximum atomic E-state index is 12.4. The fourth-order valence-electron chi connectivity index (χ4n) is 3.27. The van der Waals surface area contributed by atoms with E-state index < -0.39 is 12.3 Å². The second kappa shape index (κ2) is 9.69. The smallest absolute Gasteiger partial charge is 0.492 e. The summed E-state index contributed by atoms with van der Waals surface area (Å²) in [6, 6.07) is 7.02. The molecule has 0 bridgehead atoms. The molecule has 0 atom stereocenters. The number of fused-ring (bicyclic) bond motifs is 1. The number of anilines is 1. The topological polar surface area (TPSA) is 73.9 Å². The van der Waals surface area contributed by atoms with Gasteiger partial charge in [0, 0.05) is 34.4 Å². The molecule has 9 heteroatoms. The molecular weight excluding hydrogens is 427 g/mol. The Morgan fingerprint density at radius 3 is 2.59 bits per heavy atom. The van der Waals surface area contributed by atoms with E-state index in [2.05, 4.69) is 23.2 Å². The largest absolute Gasteiger partial charge is 0.573 e. The van der Waals surface area contributed by atoms with Gasteiger partial charge < -0.3 is 19.5 Å². The molecule has 6 nitrogen and oxygen atoms in total. The zero-order valence-electron chi connectivity index (χ0n) is 17.0. The van der Waals surface area contributed by atoms with E-state index in [-0.39, 0.29) is 24.5 Å². The van der Waals surface area contributed by atoms with Crippen LogP contribution in [0.2, 0.25) is 0 Å². The molecule has 0 spiro atoms. The average molecular weight is 447 g/mol. The van der Waals surface area contributed by atoms with Gasteiger partial charge in [-0.2, -0.15) is 0 Å². The van der Waals surface area contributed by atoms with Crippen molar-refractivity contribution >= 4 is 17.9 Å². The van der Waals surface area contributed by atoms with Crippen LogP contribution in [0, 0.1) is 0 Å². The van der Waals surface area contributed by atoms with Crippen LogP contribution in [-0.4, -0.2) is 31.8 Å². The normalized spacial score (nSPS) is 12.5.